The van der Waals surface area contributed by atoms with Crippen molar-refractivity contribution in [2.24, 2.45) is 13.0 Å². The highest BCUT2D eigenvalue weighted by Crippen LogP contribution is 2.29. The predicted molar refractivity (Wildman–Crippen MR) is 136 cm³/mol. The van der Waals surface area contributed by atoms with Gasteiger partial charge in [-0.1, -0.05) is 31.9 Å². The Balaban J connectivity index is 1.61. The maximum absolute atomic E-state index is 12.6. The van der Waals surface area contributed by atoms with Crippen molar-refractivity contribution in [3.8, 4) is 5.75 Å². The lowest BCUT2D eigenvalue weighted by Crippen LogP contribution is -2.36. The number of aryl methyl sites for hydroxylation is 1. The van der Waals surface area contributed by atoms with Crippen molar-refractivity contribution in [3.05, 3.63) is 45.8 Å². The number of rotatable bonds is 8. The summed E-state index contributed by atoms with van der Waals surface area (Å²) in [4.78, 5) is 35.6. The van der Waals surface area contributed by atoms with E-state index in [1.807, 2.05) is 18.2 Å². The minimum atomic E-state index is -0.285. The molecule has 1 aromatic carbocycles. The molecule has 3 heterocycles. The molecule has 0 radical (unpaired) electrons. The first-order chi connectivity index (χ1) is 16.4. The molecular weight excluding hydrogens is 454 g/mol. The highest BCUT2D eigenvalue weighted by Gasteiger charge is 2.21. The fourth-order valence-electron chi connectivity index (χ4n) is 4.21. The van der Waals surface area contributed by atoms with Crippen LogP contribution in [0.3, 0.4) is 0 Å². The summed E-state index contributed by atoms with van der Waals surface area (Å²) in [7, 11) is 1.68. The van der Waals surface area contributed by atoms with Gasteiger partial charge in [-0.25, -0.2) is 4.98 Å². The van der Waals surface area contributed by atoms with Crippen molar-refractivity contribution in [1.29, 1.82) is 0 Å². The Hall–Kier alpha value is -3.13. The van der Waals surface area contributed by atoms with Crippen LogP contribution in [-0.4, -0.2) is 40.0 Å². The Kier molecular flexibility index (Phi) is 7.36. The minimum Gasteiger partial charge on any atom is -0.480 e. The number of hydrogen-bond donors (Lipinski definition) is 1. The smallest absolute Gasteiger partial charge is 0.293 e. The van der Waals surface area contributed by atoms with E-state index in [2.05, 4.69) is 22.1 Å². The molecule has 1 atom stereocenters. The van der Waals surface area contributed by atoms with E-state index in [9.17, 15) is 9.59 Å². The number of ketones is 1. The van der Waals surface area contributed by atoms with E-state index in [0.717, 1.165) is 42.5 Å². The maximum atomic E-state index is 12.6. The van der Waals surface area contributed by atoms with Crippen LogP contribution in [0, 0.1) is 5.92 Å². The van der Waals surface area contributed by atoms with Crippen molar-refractivity contribution in [2.75, 3.05) is 29.9 Å². The minimum absolute atomic E-state index is 0.0641. The molecule has 1 saturated heterocycles. The lowest BCUT2D eigenvalue weighted by atomic mass is 9.96. The van der Waals surface area contributed by atoms with Gasteiger partial charge in [-0.3, -0.25) is 9.59 Å². The van der Waals surface area contributed by atoms with E-state index in [-0.39, 0.29) is 23.7 Å². The van der Waals surface area contributed by atoms with Crippen LogP contribution in [0.15, 0.2) is 35.3 Å². The van der Waals surface area contributed by atoms with E-state index < -0.39 is 0 Å². The second-order valence-corrected chi connectivity index (χ2v) is 9.09. The average Bonchev–Trinajstić information content (AvgIpc) is 2.86. The number of benzene rings is 1. The molecule has 8 nitrogen and oxygen atoms in total. The van der Waals surface area contributed by atoms with Crippen LogP contribution in [0.4, 0.5) is 17.5 Å². The van der Waals surface area contributed by atoms with Gasteiger partial charge in [0.2, 0.25) is 5.95 Å². The van der Waals surface area contributed by atoms with Crippen molar-refractivity contribution in [1.82, 2.24) is 14.5 Å². The number of nitrogens with one attached hydrogen (secondary N) is 1. The second-order valence-electron chi connectivity index (χ2n) is 8.68. The largest absolute Gasteiger partial charge is 0.480 e. The lowest BCUT2D eigenvalue weighted by Gasteiger charge is -2.32. The number of fused-ring (bicyclic) bond motifs is 1. The number of anilines is 3. The number of halogens is 1. The number of ether oxygens (including phenoxy) is 1. The molecule has 1 N–H and O–H groups in total. The molecule has 0 saturated carbocycles. The highest BCUT2D eigenvalue weighted by molar-refractivity contribution is 6.32. The summed E-state index contributed by atoms with van der Waals surface area (Å²) in [6.07, 6.45) is 5.50. The summed E-state index contributed by atoms with van der Waals surface area (Å²) >= 11 is 6.41. The summed E-state index contributed by atoms with van der Waals surface area (Å²) in [5.74, 6) is 1.93. The molecule has 0 aliphatic carbocycles. The standard InChI is InChI=1S/C25H30ClN5O3/c1-4-16-7-6-10-31(14-16)25-27-13-20(26)23(29-25)28-18-8-9-21-17(11-18)12-22(24(33)30(21)3)34-15-19(32)5-2/h8-9,11-13,16H,4-7,10,14-15H2,1-3H3,(H,27,28,29). The van der Waals surface area contributed by atoms with Crippen molar-refractivity contribution < 1.29 is 9.53 Å². The molecule has 0 amide bonds. The zero-order chi connectivity index (χ0) is 24.2. The normalized spacial score (nSPS) is 16.0. The van der Waals surface area contributed by atoms with Crippen molar-refractivity contribution in [3.63, 3.8) is 0 Å². The molecule has 3 aromatic rings. The van der Waals surface area contributed by atoms with Crippen LogP contribution in [0.5, 0.6) is 5.75 Å². The molecule has 4 rings (SSSR count). The zero-order valence-corrected chi connectivity index (χ0v) is 20.6. The highest BCUT2D eigenvalue weighted by atomic mass is 35.5. The molecule has 34 heavy (non-hydrogen) atoms. The molecule has 0 spiro atoms. The molecular formula is C25H30ClN5O3. The molecule has 1 unspecified atom stereocenters. The number of pyridine rings is 1. The quantitative estimate of drug-likeness (QED) is 0.496. The number of hydrogen-bond acceptors (Lipinski definition) is 7. The fourth-order valence-corrected chi connectivity index (χ4v) is 4.35. The number of carbonyl (C=O) groups is 1. The third-order valence-corrected chi connectivity index (χ3v) is 6.62. The third-order valence-electron chi connectivity index (χ3n) is 6.35. The SMILES string of the molecule is CCC(=O)COc1cc2cc(Nc3nc(N4CCCC(CC)C4)ncc3Cl)ccc2n(C)c1=O. The van der Waals surface area contributed by atoms with Crippen LogP contribution in [-0.2, 0) is 11.8 Å². The first-order valence-electron chi connectivity index (χ1n) is 11.7. The van der Waals surface area contributed by atoms with E-state index in [1.54, 1.807) is 26.2 Å². The Morgan fingerprint density at radius 2 is 2.12 bits per heavy atom. The summed E-state index contributed by atoms with van der Waals surface area (Å²) in [6, 6.07) is 7.29. The van der Waals surface area contributed by atoms with Crippen LogP contribution in [0.2, 0.25) is 5.02 Å². The number of piperidine rings is 1. The molecule has 9 heteroatoms. The second kappa shape index (κ2) is 10.4. The van der Waals surface area contributed by atoms with Gasteiger partial charge in [-0.2, -0.15) is 4.98 Å². The Bertz CT molecular complexity index is 1260. The van der Waals surface area contributed by atoms with Gasteiger partial charge in [-0.15, -0.1) is 0 Å². The summed E-state index contributed by atoms with van der Waals surface area (Å²) in [5, 5.41) is 4.51. The Morgan fingerprint density at radius 3 is 2.88 bits per heavy atom. The van der Waals surface area contributed by atoms with Gasteiger partial charge in [0.05, 0.1) is 11.7 Å². The zero-order valence-electron chi connectivity index (χ0n) is 19.8. The van der Waals surface area contributed by atoms with Crippen LogP contribution in [0.25, 0.3) is 10.9 Å². The lowest BCUT2D eigenvalue weighted by molar-refractivity contribution is -0.120. The molecule has 2 aromatic heterocycles. The summed E-state index contributed by atoms with van der Waals surface area (Å²) < 4.78 is 7.02. The van der Waals surface area contributed by atoms with Crippen molar-refractivity contribution >= 4 is 45.7 Å². The molecule has 1 aliphatic heterocycles. The number of Topliss-reactive ketones (excluding diaryl/α,β-unsaturated/α-hetero) is 1. The first kappa shape index (κ1) is 24.0. The molecule has 0 bridgehead atoms. The third kappa shape index (κ3) is 5.17. The van der Waals surface area contributed by atoms with Gasteiger partial charge in [0.25, 0.3) is 5.56 Å². The van der Waals surface area contributed by atoms with E-state index >= 15 is 0 Å². The van der Waals surface area contributed by atoms with Gasteiger partial charge in [0.15, 0.2) is 17.4 Å². The van der Waals surface area contributed by atoms with E-state index in [1.165, 1.54) is 11.0 Å². The molecule has 180 valence electrons. The number of nitrogens with zero attached hydrogens (tertiary/aromatic N) is 4. The number of aromatic nitrogens is 3. The fraction of sp³-hybridized carbons (Fsp3) is 0.440. The van der Waals surface area contributed by atoms with Crippen LogP contribution < -0.4 is 20.5 Å². The van der Waals surface area contributed by atoms with Gasteiger partial charge < -0.3 is 19.5 Å². The average molecular weight is 484 g/mol. The first-order valence-corrected chi connectivity index (χ1v) is 12.1. The summed E-state index contributed by atoms with van der Waals surface area (Å²) in [6.45, 7) is 5.75. The van der Waals surface area contributed by atoms with Crippen LogP contribution in [0.1, 0.15) is 39.5 Å². The Labute approximate surface area is 203 Å². The van der Waals surface area contributed by atoms with Crippen LogP contribution >= 0.6 is 11.6 Å². The van der Waals surface area contributed by atoms with Gasteiger partial charge in [0, 0.05) is 37.6 Å². The van der Waals surface area contributed by atoms with Gasteiger partial charge in [-0.05, 0) is 43.0 Å². The Morgan fingerprint density at radius 1 is 1.29 bits per heavy atom. The maximum Gasteiger partial charge on any atom is 0.293 e. The van der Waals surface area contributed by atoms with Gasteiger partial charge in [0.1, 0.15) is 11.6 Å². The van der Waals surface area contributed by atoms with E-state index in [0.29, 0.717) is 29.1 Å². The molecule has 1 aliphatic rings. The summed E-state index contributed by atoms with van der Waals surface area (Å²) in [5.41, 5.74) is 1.23. The molecule has 1 fully saturated rings. The topological polar surface area (TPSA) is 89.3 Å². The van der Waals surface area contributed by atoms with E-state index in [4.69, 9.17) is 21.3 Å². The number of carbonyl (C=O) groups excluding carboxylic acids is 1. The monoisotopic (exact) mass is 483 g/mol. The van der Waals surface area contributed by atoms with Crippen molar-refractivity contribution in [2.45, 2.75) is 39.5 Å². The van der Waals surface area contributed by atoms with Gasteiger partial charge >= 0.3 is 0 Å². The predicted octanol–water partition coefficient (Wildman–Crippen LogP) is 4.71.